The van der Waals surface area contributed by atoms with E-state index < -0.39 is 5.56 Å². The van der Waals surface area contributed by atoms with Crippen molar-refractivity contribution in [3.63, 3.8) is 0 Å². The van der Waals surface area contributed by atoms with Crippen LogP contribution in [0.5, 0.6) is 0 Å². The van der Waals surface area contributed by atoms with Crippen LogP contribution in [0.4, 0.5) is 5.82 Å². The van der Waals surface area contributed by atoms with Crippen LogP contribution < -0.4 is 11.3 Å². The van der Waals surface area contributed by atoms with E-state index in [-0.39, 0.29) is 22.5 Å². The Hall–Kier alpha value is -3.54. The summed E-state index contributed by atoms with van der Waals surface area (Å²) in [6.07, 6.45) is 0. The Kier molecular flexibility index (Phi) is 4.49. The Morgan fingerprint density at radius 2 is 1.54 bits per heavy atom. The summed E-state index contributed by atoms with van der Waals surface area (Å²) in [7, 11) is 0. The fraction of sp³-hybridized carbons (Fsp3) is 0.0500. The summed E-state index contributed by atoms with van der Waals surface area (Å²) in [4.78, 5) is 13.0. The van der Waals surface area contributed by atoms with Gasteiger partial charge in [-0.3, -0.25) is 9.36 Å². The van der Waals surface area contributed by atoms with Crippen molar-refractivity contribution >= 4 is 17.4 Å². The topological polar surface area (TPSA) is 95.6 Å². The van der Waals surface area contributed by atoms with Crippen LogP contribution in [0.1, 0.15) is 16.7 Å². The Morgan fingerprint density at radius 3 is 2.08 bits per heavy atom. The minimum Gasteiger partial charge on any atom is -0.384 e. The van der Waals surface area contributed by atoms with Gasteiger partial charge in [-0.1, -0.05) is 41.4 Å². The predicted octanol–water partition coefficient (Wildman–Crippen LogP) is 3.79. The summed E-state index contributed by atoms with van der Waals surface area (Å²) < 4.78 is 1.19. The minimum absolute atomic E-state index is 0.00898. The maximum Gasteiger partial charge on any atom is 0.275 e. The van der Waals surface area contributed by atoms with Gasteiger partial charge in [0, 0.05) is 10.6 Å². The molecule has 1 heterocycles. The SMILES string of the molecule is Cc1ccc(-n2c(N)c(C#N)c(-c3ccc(Cl)cc3)c(C#N)c2=O)cc1. The monoisotopic (exact) mass is 360 g/mol. The van der Waals surface area contributed by atoms with Crippen LogP contribution in [-0.4, -0.2) is 4.57 Å². The summed E-state index contributed by atoms with van der Waals surface area (Å²) in [6, 6.07) is 17.6. The standard InChI is InChI=1S/C20H13ClN4O/c1-12-2-8-15(9-3-12)25-19(24)16(10-22)18(17(11-23)20(25)26)13-4-6-14(21)7-5-13/h2-9H,24H2,1H3. The third-order valence-electron chi connectivity index (χ3n) is 4.06. The first-order chi connectivity index (χ1) is 12.5. The number of benzene rings is 2. The molecule has 2 N–H and O–H groups in total. The molecule has 0 aliphatic carbocycles. The van der Waals surface area contributed by atoms with Crippen molar-refractivity contribution < 1.29 is 0 Å². The number of hydrogen-bond donors (Lipinski definition) is 1. The van der Waals surface area contributed by atoms with E-state index in [9.17, 15) is 15.3 Å². The number of halogens is 1. The van der Waals surface area contributed by atoms with Crippen LogP contribution in [0.3, 0.4) is 0 Å². The second-order valence-electron chi connectivity index (χ2n) is 5.72. The number of aryl methyl sites for hydroxylation is 1. The van der Waals surface area contributed by atoms with Gasteiger partial charge >= 0.3 is 0 Å². The predicted molar refractivity (Wildman–Crippen MR) is 101 cm³/mol. The molecule has 0 aliphatic rings. The Bertz CT molecular complexity index is 1130. The first-order valence-corrected chi connectivity index (χ1v) is 8.07. The molecule has 5 nitrogen and oxygen atoms in total. The average molecular weight is 361 g/mol. The highest BCUT2D eigenvalue weighted by atomic mass is 35.5. The molecule has 0 atom stereocenters. The van der Waals surface area contributed by atoms with Gasteiger partial charge in [0.1, 0.15) is 29.1 Å². The normalized spacial score (nSPS) is 10.2. The number of nitrogens with zero attached hydrogens (tertiary/aromatic N) is 3. The van der Waals surface area contributed by atoms with Crippen molar-refractivity contribution in [2.24, 2.45) is 0 Å². The highest BCUT2D eigenvalue weighted by Crippen LogP contribution is 2.31. The molecule has 1 aromatic heterocycles. The Labute approximate surface area is 155 Å². The van der Waals surface area contributed by atoms with Crippen molar-refractivity contribution in [3.05, 3.63) is 80.6 Å². The smallest absolute Gasteiger partial charge is 0.275 e. The van der Waals surface area contributed by atoms with Crippen LogP contribution in [0, 0.1) is 29.6 Å². The lowest BCUT2D eigenvalue weighted by Gasteiger charge is -2.16. The van der Waals surface area contributed by atoms with Gasteiger partial charge in [-0.15, -0.1) is 0 Å². The number of nitrogens with two attached hydrogens (primary N) is 1. The molecule has 0 saturated carbocycles. The van der Waals surface area contributed by atoms with Gasteiger partial charge in [0.05, 0.1) is 5.69 Å². The molecule has 3 aromatic rings. The molecule has 26 heavy (non-hydrogen) atoms. The first kappa shape index (κ1) is 17.3. The second-order valence-corrected chi connectivity index (χ2v) is 6.15. The lowest BCUT2D eigenvalue weighted by molar-refractivity contribution is 0.992. The molecule has 0 bridgehead atoms. The van der Waals surface area contributed by atoms with Crippen molar-refractivity contribution in [1.82, 2.24) is 4.57 Å². The molecule has 0 radical (unpaired) electrons. The van der Waals surface area contributed by atoms with Crippen LogP contribution in [0.25, 0.3) is 16.8 Å². The zero-order valence-electron chi connectivity index (χ0n) is 13.8. The molecule has 6 heteroatoms. The molecule has 3 rings (SSSR count). The summed E-state index contributed by atoms with van der Waals surface area (Å²) in [5.41, 5.74) is 7.78. The van der Waals surface area contributed by atoms with E-state index in [0.717, 1.165) is 5.56 Å². The van der Waals surface area contributed by atoms with E-state index in [4.69, 9.17) is 17.3 Å². The third kappa shape index (κ3) is 2.82. The van der Waals surface area contributed by atoms with E-state index in [1.54, 1.807) is 36.4 Å². The molecule has 0 unspecified atom stereocenters. The average Bonchev–Trinajstić information content (AvgIpc) is 2.64. The molecule has 0 spiro atoms. The number of aromatic nitrogens is 1. The lowest BCUT2D eigenvalue weighted by atomic mass is 9.96. The van der Waals surface area contributed by atoms with Crippen molar-refractivity contribution in [1.29, 1.82) is 10.5 Å². The van der Waals surface area contributed by atoms with Gasteiger partial charge in [-0.25, -0.2) is 0 Å². The highest BCUT2D eigenvalue weighted by molar-refractivity contribution is 6.30. The maximum atomic E-state index is 13.0. The van der Waals surface area contributed by atoms with E-state index in [1.165, 1.54) is 4.57 Å². The summed E-state index contributed by atoms with van der Waals surface area (Å²) in [5.74, 6) is -0.00898. The molecular weight excluding hydrogens is 348 g/mol. The fourth-order valence-electron chi connectivity index (χ4n) is 2.77. The van der Waals surface area contributed by atoms with E-state index >= 15 is 0 Å². The number of pyridine rings is 1. The third-order valence-corrected chi connectivity index (χ3v) is 4.31. The summed E-state index contributed by atoms with van der Waals surface area (Å²) in [5, 5.41) is 19.8. The molecular formula is C20H13ClN4O. The number of hydrogen-bond acceptors (Lipinski definition) is 4. The van der Waals surface area contributed by atoms with Gasteiger partial charge in [0.15, 0.2) is 0 Å². The van der Waals surface area contributed by atoms with Crippen LogP contribution in [-0.2, 0) is 0 Å². The molecule has 0 saturated heterocycles. The number of nitrogen functional groups attached to an aromatic ring is 1. The zero-order valence-corrected chi connectivity index (χ0v) is 14.6. The van der Waals surface area contributed by atoms with Crippen molar-refractivity contribution in [3.8, 4) is 29.0 Å². The van der Waals surface area contributed by atoms with Gasteiger partial charge in [0.2, 0.25) is 0 Å². The van der Waals surface area contributed by atoms with Crippen LogP contribution in [0.2, 0.25) is 5.02 Å². The number of nitriles is 2. The molecule has 2 aromatic carbocycles. The molecule has 0 fully saturated rings. The maximum absolute atomic E-state index is 13.0. The van der Waals surface area contributed by atoms with Crippen molar-refractivity contribution in [2.75, 3.05) is 5.73 Å². The molecule has 126 valence electrons. The summed E-state index contributed by atoms with van der Waals surface area (Å²) >= 11 is 5.91. The van der Waals surface area contributed by atoms with Gasteiger partial charge in [0.25, 0.3) is 5.56 Å². The zero-order chi connectivity index (χ0) is 18.8. The Morgan fingerprint density at radius 1 is 0.962 bits per heavy atom. The lowest BCUT2D eigenvalue weighted by Crippen LogP contribution is -2.26. The fourth-order valence-corrected chi connectivity index (χ4v) is 2.89. The quantitative estimate of drug-likeness (QED) is 0.751. The van der Waals surface area contributed by atoms with E-state index in [1.807, 2.05) is 31.2 Å². The van der Waals surface area contributed by atoms with E-state index in [0.29, 0.717) is 16.3 Å². The largest absolute Gasteiger partial charge is 0.384 e. The van der Waals surface area contributed by atoms with Gasteiger partial charge in [-0.2, -0.15) is 10.5 Å². The number of anilines is 1. The van der Waals surface area contributed by atoms with Gasteiger partial charge in [-0.05, 0) is 36.8 Å². The van der Waals surface area contributed by atoms with Crippen LogP contribution in [0.15, 0.2) is 53.3 Å². The van der Waals surface area contributed by atoms with E-state index in [2.05, 4.69) is 0 Å². The highest BCUT2D eigenvalue weighted by Gasteiger charge is 2.22. The molecule has 0 amide bonds. The first-order valence-electron chi connectivity index (χ1n) is 7.69. The van der Waals surface area contributed by atoms with Crippen molar-refractivity contribution in [2.45, 2.75) is 6.92 Å². The summed E-state index contributed by atoms with van der Waals surface area (Å²) in [6.45, 7) is 1.92. The second kappa shape index (κ2) is 6.76. The minimum atomic E-state index is -0.571. The number of rotatable bonds is 2. The van der Waals surface area contributed by atoms with Crippen LogP contribution >= 0.6 is 11.6 Å². The van der Waals surface area contributed by atoms with Gasteiger partial charge < -0.3 is 5.73 Å². The Balaban J connectivity index is 2.41. The molecule has 0 aliphatic heterocycles.